The highest BCUT2D eigenvalue weighted by Gasteiger charge is 2.10. The number of amides is 1. The van der Waals surface area contributed by atoms with Gasteiger partial charge in [-0.2, -0.15) is 5.10 Å². The minimum atomic E-state index is -0.550. The zero-order chi connectivity index (χ0) is 14.5. The van der Waals surface area contributed by atoms with Gasteiger partial charge in [0.2, 0.25) is 0 Å². The van der Waals surface area contributed by atoms with Gasteiger partial charge in [-0.3, -0.25) is 4.79 Å². The predicted octanol–water partition coefficient (Wildman–Crippen LogP) is 2.17. The number of phenols is 2. The van der Waals surface area contributed by atoms with Gasteiger partial charge in [0, 0.05) is 6.07 Å². The number of hydrazone groups is 1. The Bertz CT molecular complexity index is 649. The van der Waals surface area contributed by atoms with Gasteiger partial charge in [0.05, 0.1) is 11.8 Å². The van der Waals surface area contributed by atoms with Gasteiger partial charge in [-0.1, -0.05) is 29.8 Å². The molecule has 2 aromatic rings. The lowest BCUT2D eigenvalue weighted by Crippen LogP contribution is -2.17. The van der Waals surface area contributed by atoms with E-state index in [9.17, 15) is 9.90 Å². The number of aromatic hydroxyl groups is 2. The summed E-state index contributed by atoms with van der Waals surface area (Å²) in [4.78, 5) is 11.8. The van der Waals surface area contributed by atoms with Crippen molar-refractivity contribution in [3.63, 3.8) is 0 Å². The van der Waals surface area contributed by atoms with E-state index in [2.05, 4.69) is 10.5 Å². The Kier molecular flexibility index (Phi) is 4.00. The average Bonchev–Trinajstić information content (AvgIpc) is 2.41. The molecule has 2 aromatic carbocycles. The molecule has 0 radical (unpaired) electrons. The van der Waals surface area contributed by atoms with Gasteiger partial charge in [-0.15, -0.1) is 0 Å². The molecule has 1 amide bonds. The van der Waals surface area contributed by atoms with Gasteiger partial charge in [0.1, 0.15) is 11.5 Å². The standard InChI is InChI=1S/C15H14N2O3/c1-10-2-4-11(5-3-10)9-16-17-15(20)13-7-6-12(18)8-14(13)19/h2-9,18-19H,1H3,(H,17,20)/b16-9-. The quantitative estimate of drug-likeness (QED) is 0.590. The SMILES string of the molecule is Cc1ccc(/C=N\NC(=O)c2ccc(O)cc2O)cc1. The van der Waals surface area contributed by atoms with E-state index in [1.807, 2.05) is 31.2 Å². The molecule has 0 aliphatic heterocycles. The van der Waals surface area contributed by atoms with Gasteiger partial charge in [-0.25, -0.2) is 5.43 Å². The monoisotopic (exact) mass is 270 g/mol. The molecule has 5 nitrogen and oxygen atoms in total. The molecular weight excluding hydrogens is 256 g/mol. The van der Waals surface area contributed by atoms with Gasteiger partial charge in [0.25, 0.3) is 5.91 Å². The lowest BCUT2D eigenvalue weighted by Gasteiger charge is -2.03. The first-order chi connectivity index (χ1) is 9.56. The second-order valence-corrected chi connectivity index (χ2v) is 4.31. The van der Waals surface area contributed by atoms with E-state index in [0.717, 1.165) is 17.2 Å². The van der Waals surface area contributed by atoms with E-state index in [1.54, 1.807) is 0 Å². The van der Waals surface area contributed by atoms with Crippen LogP contribution in [0.1, 0.15) is 21.5 Å². The number of hydrogen-bond donors (Lipinski definition) is 3. The summed E-state index contributed by atoms with van der Waals surface area (Å²) < 4.78 is 0. The fourth-order valence-electron chi connectivity index (χ4n) is 1.59. The number of hydrogen-bond acceptors (Lipinski definition) is 4. The summed E-state index contributed by atoms with van der Waals surface area (Å²) in [5.41, 5.74) is 4.35. The summed E-state index contributed by atoms with van der Waals surface area (Å²) in [6.07, 6.45) is 1.51. The van der Waals surface area contributed by atoms with Crippen LogP contribution >= 0.6 is 0 Å². The van der Waals surface area contributed by atoms with E-state index < -0.39 is 5.91 Å². The van der Waals surface area contributed by atoms with Crippen molar-refractivity contribution in [1.82, 2.24) is 5.43 Å². The fourth-order valence-corrected chi connectivity index (χ4v) is 1.59. The van der Waals surface area contributed by atoms with Gasteiger partial charge < -0.3 is 10.2 Å². The zero-order valence-electron chi connectivity index (χ0n) is 10.9. The van der Waals surface area contributed by atoms with E-state index in [-0.39, 0.29) is 17.1 Å². The van der Waals surface area contributed by atoms with Crippen LogP contribution in [0.4, 0.5) is 0 Å². The molecule has 3 N–H and O–H groups in total. The van der Waals surface area contributed by atoms with E-state index in [1.165, 1.54) is 18.3 Å². The van der Waals surface area contributed by atoms with Gasteiger partial charge in [-0.05, 0) is 24.6 Å². The first kappa shape index (κ1) is 13.6. The maximum Gasteiger partial charge on any atom is 0.275 e. The molecular formula is C15H14N2O3. The molecule has 2 rings (SSSR count). The topological polar surface area (TPSA) is 81.9 Å². The van der Waals surface area contributed by atoms with Crippen LogP contribution in [-0.2, 0) is 0 Å². The number of nitrogens with zero attached hydrogens (tertiary/aromatic N) is 1. The molecule has 0 saturated carbocycles. The van der Waals surface area contributed by atoms with Crippen LogP contribution in [0, 0.1) is 6.92 Å². The lowest BCUT2D eigenvalue weighted by atomic mass is 10.2. The number of carbonyl (C=O) groups excluding carboxylic acids is 1. The van der Waals surface area contributed by atoms with Crippen molar-refractivity contribution >= 4 is 12.1 Å². The van der Waals surface area contributed by atoms with Crippen LogP contribution in [0.2, 0.25) is 0 Å². The second kappa shape index (κ2) is 5.88. The van der Waals surface area contributed by atoms with Crippen molar-refractivity contribution in [3.8, 4) is 11.5 Å². The van der Waals surface area contributed by atoms with E-state index in [4.69, 9.17) is 5.11 Å². The molecule has 0 aliphatic carbocycles. The van der Waals surface area contributed by atoms with E-state index in [0.29, 0.717) is 0 Å². The molecule has 102 valence electrons. The van der Waals surface area contributed by atoms with Gasteiger partial charge in [0.15, 0.2) is 0 Å². The number of nitrogens with one attached hydrogen (secondary N) is 1. The van der Waals surface area contributed by atoms with Crippen molar-refractivity contribution in [3.05, 3.63) is 59.2 Å². The highest BCUT2D eigenvalue weighted by Crippen LogP contribution is 2.22. The number of phenolic OH excluding ortho intramolecular Hbond substituents is 2. The molecule has 0 aliphatic rings. The van der Waals surface area contributed by atoms with Crippen LogP contribution in [0.15, 0.2) is 47.6 Å². The Morgan fingerprint density at radius 3 is 2.50 bits per heavy atom. The molecule has 0 saturated heterocycles. The molecule has 0 aromatic heterocycles. The summed E-state index contributed by atoms with van der Waals surface area (Å²) in [6.45, 7) is 1.98. The largest absolute Gasteiger partial charge is 0.508 e. The van der Waals surface area contributed by atoms with Gasteiger partial charge >= 0.3 is 0 Å². The first-order valence-electron chi connectivity index (χ1n) is 5.98. The minimum Gasteiger partial charge on any atom is -0.508 e. The average molecular weight is 270 g/mol. The minimum absolute atomic E-state index is 0.0452. The molecule has 0 heterocycles. The summed E-state index contributed by atoms with van der Waals surface area (Å²) >= 11 is 0. The Hall–Kier alpha value is -2.82. The van der Waals surface area contributed by atoms with E-state index >= 15 is 0 Å². The molecule has 0 fully saturated rings. The number of rotatable bonds is 3. The van der Waals surface area contributed by atoms with Crippen LogP contribution in [-0.4, -0.2) is 22.3 Å². The third kappa shape index (κ3) is 3.35. The summed E-state index contributed by atoms with van der Waals surface area (Å²) in [5.74, 6) is -0.957. The Labute approximate surface area is 116 Å². The van der Waals surface area contributed by atoms with Crippen LogP contribution in [0.3, 0.4) is 0 Å². The fraction of sp³-hybridized carbons (Fsp3) is 0.0667. The second-order valence-electron chi connectivity index (χ2n) is 4.31. The third-order valence-electron chi connectivity index (χ3n) is 2.68. The highest BCUT2D eigenvalue weighted by molar-refractivity contribution is 5.97. The third-order valence-corrected chi connectivity index (χ3v) is 2.68. The molecule has 20 heavy (non-hydrogen) atoms. The van der Waals surface area contributed by atoms with Crippen LogP contribution in [0.5, 0.6) is 11.5 Å². The maximum absolute atomic E-state index is 11.8. The van der Waals surface area contributed by atoms with Crippen molar-refractivity contribution in [2.24, 2.45) is 5.10 Å². The summed E-state index contributed by atoms with van der Waals surface area (Å²) in [5, 5.41) is 22.5. The number of aryl methyl sites for hydroxylation is 1. The molecule has 0 atom stereocenters. The molecule has 5 heteroatoms. The predicted molar refractivity (Wildman–Crippen MR) is 76.0 cm³/mol. The van der Waals surface area contributed by atoms with Crippen LogP contribution in [0.25, 0.3) is 0 Å². The molecule has 0 spiro atoms. The van der Waals surface area contributed by atoms with Crippen LogP contribution < -0.4 is 5.43 Å². The maximum atomic E-state index is 11.8. The smallest absolute Gasteiger partial charge is 0.275 e. The van der Waals surface area contributed by atoms with Crippen molar-refractivity contribution in [1.29, 1.82) is 0 Å². The number of benzene rings is 2. The Morgan fingerprint density at radius 2 is 1.85 bits per heavy atom. The first-order valence-corrected chi connectivity index (χ1v) is 5.98. The number of carbonyl (C=O) groups is 1. The summed E-state index contributed by atoms with van der Waals surface area (Å²) in [7, 11) is 0. The Balaban J connectivity index is 2.03. The highest BCUT2D eigenvalue weighted by atomic mass is 16.3. The normalized spacial score (nSPS) is 10.7. The molecule has 0 bridgehead atoms. The Morgan fingerprint density at radius 1 is 1.15 bits per heavy atom. The van der Waals surface area contributed by atoms with Crippen molar-refractivity contribution < 1.29 is 15.0 Å². The molecule has 0 unspecified atom stereocenters. The van der Waals surface area contributed by atoms with Crippen molar-refractivity contribution in [2.45, 2.75) is 6.92 Å². The van der Waals surface area contributed by atoms with Crippen molar-refractivity contribution in [2.75, 3.05) is 0 Å². The summed E-state index contributed by atoms with van der Waals surface area (Å²) in [6, 6.07) is 11.4. The zero-order valence-corrected chi connectivity index (χ0v) is 10.9. The lowest BCUT2D eigenvalue weighted by molar-refractivity contribution is 0.0952.